The molecule has 0 spiro atoms. The highest BCUT2D eigenvalue weighted by atomic mass is 14.4. The second-order valence-corrected chi connectivity index (χ2v) is 17.9. The van der Waals surface area contributed by atoms with Gasteiger partial charge in [0, 0.05) is 0 Å². The lowest BCUT2D eigenvalue weighted by Gasteiger charge is -2.41. The third kappa shape index (κ3) is 11.4. The summed E-state index contributed by atoms with van der Waals surface area (Å²) in [5.74, 6) is 0. The SMILES string of the molecule is C=C(C)CC(C)(C)CC(C)(C)c1cc(C(C)(C)CC(C)(C)CC(=C)C)cc(C(C)(C)CC(C)(C)CC(=C)C)c1. The van der Waals surface area contributed by atoms with Crippen LogP contribution < -0.4 is 0 Å². The van der Waals surface area contributed by atoms with Crippen LogP contribution in [-0.2, 0) is 16.2 Å². The standard InChI is InChI=1S/C39H66/c1-28(2)22-34(7,8)25-37(13,14)31-19-32(38(15,16)26-35(9,10)23-29(3)4)21-33(20-31)39(17,18)27-36(11,12)24-30(5)6/h19-21H,1,3,5,22-27H2,2,4,6-18H3. The first-order valence-electron chi connectivity index (χ1n) is 15.3. The summed E-state index contributed by atoms with van der Waals surface area (Å²) in [6.07, 6.45) is 6.55. The summed E-state index contributed by atoms with van der Waals surface area (Å²) in [5.41, 5.74) is 8.98. The van der Waals surface area contributed by atoms with Crippen molar-refractivity contribution in [3.05, 3.63) is 71.3 Å². The van der Waals surface area contributed by atoms with Crippen molar-refractivity contribution in [1.29, 1.82) is 0 Å². The van der Waals surface area contributed by atoms with Gasteiger partial charge in [0.15, 0.2) is 0 Å². The lowest BCUT2D eigenvalue weighted by molar-refractivity contribution is 0.246. The second-order valence-electron chi connectivity index (χ2n) is 17.9. The molecule has 0 aromatic heterocycles. The average Bonchev–Trinajstić information content (AvgIpc) is 2.61. The summed E-state index contributed by atoms with van der Waals surface area (Å²) in [5, 5.41) is 0. The maximum Gasteiger partial charge on any atom is -0.00982 e. The van der Waals surface area contributed by atoms with Gasteiger partial charge in [-0.2, -0.15) is 0 Å². The predicted molar refractivity (Wildman–Crippen MR) is 179 cm³/mol. The van der Waals surface area contributed by atoms with Crippen molar-refractivity contribution in [2.75, 3.05) is 0 Å². The van der Waals surface area contributed by atoms with Crippen molar-refractivity contribution < 1.29 is 0 Å². The van der Waals surface area contributed by atoms with Crippen LogP contribution >= 0.6 is 0 Å². The molecule has 0 N–H and O–H groups in total. The Morgan fingerprint density at radius 2 is 0.615 bits per heavy atom. The maximum absolute atomic E-state index is 4.23. The van der Waals surface area contributed by atoms with Crippen molar-refractivity contribution in [3.63, 3.8) is 0 Å². The molecule has 1 aromatic rings. The Kier molecular flexibility index (Phi) is 11.0. The summed E-state index contributed by atoms with van der Waals surface area (Å²) < 4.78 is 0. The van der Waals surface area contributed by atoms with Gasteiger partial charge in [0.25, 0.3) is 0 Å². The molecule has 0 saturated carbocycles. The fourth-order valence-electron chi connectivity index (χ4n) is 8.33. The van der Waals surface area contributed by atoms with Gasteiger partial charge in [0.05, 0.1) is 0 Å². The Balaban J connectivity index is 3.75. The molecule has 0 nitrogen and oxygen atoms in total. The topological polar surface area (TPSA) is 0 Å². The summed E-state index contributed by atoms with van der Waals surface area (Å²) in [7, 11) is 0. The lowest BCUT2D eigenvalue weighted by Crippen LogP contribution is -2.32. The summed E-state index contributed by atoms with van der Waals surface area (Å²) in [4.78, 5) is 0. The molecule has 0 fully saturated rings. The van der Waals surface area contributed by atoms with Gasteiger partial charge in [0.2, 0.25) is 0 Å². The van der Waals surface area contributed by atoms with Gasteiger partial charge in [-0.05, 0) is 108 Å². The van der Waals surface area contributed by atoms with Crippen molar-refractivity contribution in [3.8, 4) is 0 Å². The smallest absolute Gasteiger partial charge is 0.00982 e. The van der Waals surface area contributed by atoms with E-state index in [-0.39, 0.29) is 32.5 Å². The Hall–Kier alpha value is -1.56. The monoisotopic (exact) mass is 535 g/mol. The Morgan fingerprint density at radius 1 is 0.436 bits per heavy atom. The van der Waals surface area contributed by atoms with Crippen molar-refractivity contribution >= 4 is 0 Å². The normalized spacial score (nSPS) is 13.9. The van der Waals surface area contributed by atoms with E-state index in [0.29, 0.717) is 0 Å². The van der Waals surface area contributed by atoms with Crippen molar-refractivity contribution in [2.24, 2.45) is 16.2 Å². The first-order chi connectivity index (χ1) is 17.2. The van der Waals surface area contributed by atoms with Crippen LogP contribution in [-0.4, -0.2) is 0 Å². The summed E-state index contributed by atoms with van der Waals surface area (Å²) >= 11 is 0. The fraction of sp³-hybridized carbons (Fsp3) is 0.692. The predicted octanol–water partition coefficient (Wildman–Crippen LogP) is 12.7. The van der Waals surface area contributed by atoms with Crippen LogP contribution in [0.4, 0.5) is 0 Å². The third-order valence-corrected chi connectivity index (χ3v) is 8.38. The molecule has 0 bridgehead atoms. The zero-order valence-corrected chi connectivity index (χ0v) is 29.1. The first-order valence-corrected chi connectivity index (χ1v) is 15.3. The minimum Gasteiger partial charge on any atom is -0.100 e. The zero-order valence-electron chi connectivity index (χ0n) is 29.1. The van der Waals surface area contributed by atoms with E-state index in [9.17, 15) is 0 Å². The van der Waals surface area contributed by atoms with Gasteiger partial charge in [-0.1, -0.05) is 118 Å². The molecule has 0 heteroatoms. The van der Waals surface area contributed by atoms with Gasteiger partial charge >= 0.3 is 0 Å². The van der Waals surface area contributed by atoms with E-state index in [1.54, 1.807) is 0 Å². The van der Waals surface area contributed by atoms with E-state index in [1.165, 1.54) is 33.4 Å². The molecule has 0 unspecified atom stereocenters. The largest absolute Gasteiger partial charge is 0.100 e. The van der Waals surface area contributed by atoms with E-state index >= 15 is 0 Å². The first kappa shape index (κ1) is 35.5. The molecule has 0 atom stereocenters. The average molecular weight is 535 g/mol. The van der Waals surface area contributed by atoms with Crippen molar-refractivity contribution in [1.82, 2.24) is 0 Å². The van der Waals surface area contributed by atoms with Gasteiger partial charge in [-0.3, -0.25) is 0 Å². The highest BCUT2D eigenvalue weighted by Crippen LogP contribution is 2.47. The lowest BCUT2D eigenvalue weighted by atomic mass is 9.64. The molecule has 1 rings (SSSR count). The minimum absolute atomic E-state index is 0.0519. The van der Waals surface area contributed by atoms with E-state index in [0.717, 1.165) is 38.5 Å². The van der Waals surface area contributed by atoms with Gasteiger partial charge in [0.1, 0.15) is 0 Å². The van der Waals surface area contributed by atoms with Gasteiger partial charge < -0.3 is 0 Å². The number of hydrogen-bond acceptors (Lipinski definition) is 0. The number of rotatable bonds is 15. The molecule has 0 saturated heterocycles. The van der Waals surface area contributed by atoms with Crippen molar-refractivity contribution in [2.45, 2.75) is 159 Å². The van der Waals surface area contributed by atoms with Crippen LogP contribution in [0.5, 0.6) is 0 Å². The Bertz CT molecular complexity index is 886. The summed E-state index contributed by atoms with van der Waals surface area (Å²) in [6, 6.07) is 7.64. The van der Waals surface area contributed by atoms with E-state index in [2.05, 4.69) is 142 Å². The Labute approximate surface area is 245 Å². The van der Waals surface area contributed by atoms with Crippen LogP contribution in [0.25, 0.3) is 0 Å². The van der Waals surface area contributed by atoms with E-state index in [4.69, 9.17) is 0 Å². The van der Waals surface area contributed by atoms with Crippen LogP contribution in [0.3, 0.4) is 0 Å². The maximum atomic E-state index is 4.23. The molecule has 0 aliphatic heterocycles. The Morgan fingerprint density at radius 3 is 0.769 bits per heavy atom. The molecule has 0 heterocycles. The quantitative estimate of drug-likeness (QED) is 0.196. The van der Waals surface area contributed by atoms with E-state index in [1.807, 2.05) is 0 Å². The highest BCUT2D eigenvalue weighted by Gasteiger charge is 2.37. The molecule has 0 radical (unpaired) electrons. The van der Waals surface area contributed by atoms with Gasteiger partial charge in [-0.15, -0.1) is 19.7 Å². The molecular weight excluding hydrogens is 468 g/mol. The van der Waals surface area contributed by atoms with Crippen LogP contribution in [0.15, 0.2) is 54.7 Å². The zero-order chi connectivity index (χ0) is 30.8. The number of benzene rings is 1. The highest BCUT2D eigenvalue weighted by molar-refractivity contribution is 5.41. The molecule has 0 aliphatic rings. The fourth-order valence-corrected chi connectivity index (χ4v) is 8.33. The second kappa shape index (κ2) is 12.1. The molecule has 222 valence electrons. The molecule has 39 heavy (non-hydrogen) atoms. The van der Waals surface area contributed by atoms with Crippen LogP contribution in [0.1, 0.15) is 159 Å². The number of hydrogen-bond donors (Lipinski definition) is 0. The van der Waals surface area contributed by atoms with Crippen LogP contribution in [0.2, 0.25) is 0 Å². The molecule has 0 aliphatic carbocycles. The molecule has 0 amide bonds. The van der Waals surface area contributed by atoms with E-state index < -0.39 is 0 Å². The van der Waals surface area contributed by atoms with Gasteiger partial charge in [-0.25, -0.2) is 0 Å². The molecule has 1 aromatic carbocycles. The minimum atomic E-state index is 0.0519. The number of allylic oxidation sites excluding steroid dienone is 3. The van der Waals surface area contributed by atoms with Crippen LogP contribution in [0, 0.1) is 16.2 Å². The third-order valence-electron chi connectivity index (χ3n) is 8.38. The molecular formula is C39H66. The summed E-state index contributed by atoms with van der Waals surface area (Å²) in [6.45, 7) is 48.3.